The van der Waals surface area contributed by atoms with Crippen molar-refractivity contribution in [1.82, 2.24) is 10.3 Å². The standard InChI is InChI=1S/C11H8F3N4O.H2/c1-11(13,14)8-5-9(18-17-8)16-10(19)7-4-6(12)2-3-15-7;/h2-5H,1H3,(H,16,18,19);1H. The zero-order chi connectivity index (χ0) is 14.0. The van der Waals surface area contributed by atoms with E-state index >= 15 is 0 Å². The molecule has 0 bridgehead atoms. The predicted octanol–water partition coefficient (Wildman–Crippen LogP) is 1.82. The second kappa shape index (κ2) is 4.79. The van der Waals surface area contributed by atoms with Crippen LogP contribution in [0.3, 0.4) is 0 Å². The molecule has 8 heteroatoms. The number of aromatic nitrogens is 1. The predicted molar refractivity (Wildman–Crippen MR) is 63.6 cm³/mol. The maximum absolute atomic E-state index is 12.9. The average molecular weight is 271 g/mol. The maximum Gasteiger partial charge on any atom is 0.285 e. The molecule has 1 aliphatic heterocycles. The zero-order valence-electron chi connectivity index (χ0n) is 9.69. The Morgan fingerprint density at radius 3 is 2.74 bits per heavy atom. The average Bonchev–Trinajstić information content (AvgIpc) is 2.77. The molecule has 2 heterocycles. The first-order chi connectivity index (χ1) is 8.86. The number of amidine groups is 1. The number of hydrogen-bond acceptors (Lipinski definition) is 4. The summed E-state index contributed by atoms with van der Waals surface area (Å²) in [5.41, 5.74) is -0.747. The van der Waals surface area contributed by atoms with Gasteiger partial charge in [-0.2, -0.15) is 5.10 Å². The van der Waals surface area contributed by atoms with Gasteiger partial charge < -0.3 is 5.32 Å². The van der Waals surface area contributed by atoms with Crippen LogP contribution in [0.15, 0.2) is 28.5 Å². The van der Waals surface area contributed by atoms with Gasteiger partial charge in [0.25, 0.3) is 11.8 Å². The lowest BCUT2D eigenvalue weighted by Crippen LogP contribution is -2.34. The molecule has 0 unspecified atom stereocenters. The fourth-order valence-corrected chi connectivity index (χ4v) is 1.28. The van der Waals surface area contributed by atoms with E-state index in [0.717, 1.165) is 24.8 Å². The summed E-state index contributed by atoms with van der Waals surface area (Å²) in [6, 6.07) is 2.00. The van der Waals surface area contributed by atoms with Crippen LogP contribution in [0.2, 0.25) is 0 Å². The minimum absolute atomic E-state index is 0. The lowest BCUT2D eigenvalue weighted by Gasteiger charge is -2.08. The van der Waals surface area contributed by atoms with E-state index in [4.69, 9.17) is 0 Å². The maximum atomic E-state index is 12.9. The van der Waals surface area contributed by atoms with Gasteiger partial charge in [-0.3, -0.25) is 9.78 Å². The highest BCUT2D eigenvalue weighted by atomic mass is 19.3. The second-order valence-electron chi connectivity index (χ2n) is 3.82. The number of nitrogens with zero attached hydrogens (tertiary/aromatic N) is 3. The van der Waals surface area contributed by atoms with E-state index < -0.39 is 23.4 Å². The van der Waals surface area contributed by atoms with Crippen molar-refractivity contribution in [2.75, 3.05) is 0 Å². The summed E-state index contributed by atoms with van der Waals surface area (Å²) in [4.78, 5) is 15.3. The van der Waals surface area contributed by atoms with E-state index in [1.54, 1.807) is 0 Å². The van der Waals surface area contributed by atoms with Gasteiger partial charge in [-0.25, -0.2) is 13.2 Å². The Morgan fingerprint density at radius 1 is 1.42 bits per heavy atom. The van der Waals surface area contributed by atoms with E-state index in [1.165, 1.54) is 0 Å². The highest BCUT2D eigenvalue weighted by Crippen LogP contribution is 2.19. The molecule has 0 fully saturated rings. The Morgan fingerprint density at radius 2 is 2.16 bits per heavy atom. The summed E-state index contributed by atoms with van der Waals surface area (Å²) in [6.07, 6.45) is 2.06. The van der Waals surface area contributed by atoms with Gasteiger partial charge in [-0.05, 0) is 6.07 Å². The van der Waals surface area contributed by atoms with Gasteiger partial charge in [-0.15, -0.1) is 5.10 Å². The molecule has 0 saturated heterocycles. The molecule has 0 saturated carbocycles. The summed E-state index contributed by atoms with van der Waals surface area (Å²) < 4.78 is 38.7. The van der Waals surface area contributed by atoms with Crippen molar-refractivity contribution in [3.63, 3.8) is 0 Å². The first kappa shape index (κ1) is 13.2. The van der Waals surface area contributed by atoms with E-state index in [9.17, 15) is 18.0 Å². The van der Waals surface area contributed by atoms with Crippen LogP contribution in [0, 0.1) is 12.2 Å². The summed E-state index contributed by atoms with van der Waals surface area (Å²) in [5, 5.41) is 8.83. The van der Waals surface area contributed by atoms with Crippen LogP contribution in [0.4, 0.5) is 13.2 Å². The van der Waals surface area contributed by atoms with Gasteiger partial charge in [0.1, 0.15) is 23.1 Å². The van der Waals surface area contributed by atoms with Gasteiger partial charge in [0.05, 0.1) is 6.42 Å². The molecule has 0 atom stereocenters. The SMILES string of the molecule is CC(F)(F)C1=NN=C(NC(=O)c2cc(F)ccn2)[CH]1.[HH]. The molecule has 1 aromatic rings. The molecule has 5 nitrogen and oxygen atoms in total. The highest BCUT2D eigenvalue weighted by molar-refractivity contribution is 6.23. The van der Waals surface area contributed by atoms with E-state index in [2.05, 4.69) is 20.5 Å². The Kier molecular flexibility index (Phi) is 3.32. The normalized spacial score (nSPS) is 14.9. The van der Waals surface area contributed by atoms with Crippen molar-refractivity contribution < 1.29 is 19.4 Å². The van der Waals surface area contributed by atoms with Crippen LogP contribution in [-0.4, -0.2) is 28.4 Å². The van der Waals surface area contributed by atoms with Crippen molar-refractivity contribution in [3.05, 3.63) is 36.3 Å². The molecule has 1 aromatic heterocycles. The number of alkyl halides is 2. The third kappa shape index (κ3) is 3.15. The first-order valence-corrected chi connectivity index (χ1v) is 5.18. The molecule has 1 amide bonds. The summed E-state index contributed by atoms with van der Waals surface area (Å²) in [5.74, 6) is -4.68. The molecule has 0 spiro atoms. The Hall–Kier alpha value is -2.25. The molecule has 101 valence electrons. The summed E-state index contributed by atoms with van der Waals surface area (Å²) in [7, 11) is 0. The molecular weight excluding hydrogens is 261 g/mol. The first-order valence-electron chi connectivity index (χ1n) is 5.18. The monoisotopic (exact) mass is 271 g/mol. The largest absolute Gasteiger partial charge is 0.307 e. The summed E-state index contributed by atoms with van der Waals surface area (Å²) in [6.45, 7) is 0.663. The summed E-state index contributed by atoms with van der Waals surface area (Å²) >= 11 is 0. The van der Waals surface area contributed by atoms with Crippen LogP contribution in [-0.2, 0) is 0 Å². The number of pyridine rings is 1. The quantitative estimate of drug-likeness (QED) is 0.891. The van der Waals surface area contributed by atoms with Crippen LogP contribution in [0.5, 0.6) is 0 Å². The number of halogens is 3. The topological polar surface area (TPSA) is 66.7 Å². The van der Waals surface area contributed by atoms with Crippen molar-refractivity contribution in [2.45, 2.75) is 12.8 Å². The van der Waals surface area contributed by atoms with E-state index in [1.807, 2.05) is 0 Å². The molecule has 2 rings (SSSR count). The third-order valence-corrected chi connectivity index (χ3v) is 2.18. The molecule has 1 N–H and O–H groups in total. The van der Waals surface area contributed by atoms with Gasteiger partial charge in [0.15, 0.2) is 0 Å². The van der Waals surface area contributed by atoms with E-state index in [0.29, 0.717) is 6.92 Å². The van der Waals surface area contributed by atoms with Gasteiger partial charge in [0, 0.05) is 20.6 Å². The number of carbonyl (C=O) groups is 1. The molecule has 0 aliphatic carbocycles. The van der Waals surface area contributed by atoms with Crippen LogP contribution in [0.25, 0.3) is 0 Å². The van der Waals surface area contributed by atoms with Crippen LogP contribution < -0.4 is 5.32 Å². The van der Waals surface area contributed by atoms with Gasteiger partial charge in [-0.1, -0.05) is 0 Å². The van der Waals surface area contributed by atoms with Crippen molar-refractivity contribution in [3.8, 4) is 0 Å². The number of carbonyl (C=O) groups excluding carboxylic acids is 1. The van der Waals surface area contributed by atoms with Crippen LogP contribution in [0.1, 0.15) is 18.8 Å². The molecule has 0 aromatic carbocycles. The van der Waals surface area contributed by atoms with Crippen molar-refractivity contribution in [1.29, 1.82) is 0 Å². The van der Waals surface area contributed by atoms with Crippen molar-refractivity contribution >= 4 is 17.5 Å². The Bertz CT molecular complexity index is 583. The van der Waals surface area contributed by atoms with Crippen molar-refractivity contribution in [2.24, 2.45) is 10.2 Å². The molecular formula is C11H10F3N4O. The number of nitrogens with one attached hydrogen (secondary N) is 1. The Labute approximate surface area is 107 Å². The lowest BCUT2D eigenvalue weighted by atomic mass is 10.1. The number of amides is 1. The Balaban J connectivity index is 0.00000200. The number of hydrogen-bond donors (Lipinski definition) is 1. The minimum Gasteiger partial charge on any atom is -0.307 e. The molecule has 1 aliphatic rings. The lowest BCUT2D eigenvalue weighted by molar-refractivity contribution is 0.0967. The zero-order valence-corrected chi connectivity index (χ0v) is 9.69. The van der Waals surface area contributed by atoms with Crippen LogP contribution >= 0.6 is 0 Å². The molecule has 1 radical (unpaired) electrons. The fourth-order valence-electron chi connectivity index (χ4n) is 1.28. The van der Waals surface area contributed by atoms with E-state index in [-0.39, 0.29) is 13.0 Å². The highest BCUT2D eigenvalue weighted by Gasteiger charge is 2.34. The molecule has 19 heavy (non-hydrogen) atoms. The smallest absolute Gasteiger partial charge is 0.285 e. The number of rotatable bonds is 2. The van der Waals surface area contributed by atoms with Gasteiger partial charge in [0.2, 0.25) is 0 Å². The third-order valence-electron chi connectivity index (χ3n) is 2.18. The second-order valence-corrected chi connectivity index (χ2v) is 3.82. The fraction of sp³-hybridized carbons (Fsp3) is 0.182. The van der Waals surface area contributed by atoms with Gasteiger partial charge >= 0.3 is 0 Å². The minimum atomic E-state index is -3.15.